The van der Waals surface area contributed by atoms with E-state index in [-0.39, 0.29) is 27.9 Å². The van der Waals surface area contributed by atoms with E-state index < -0.39 is 32.3 Å². The highest BCUT2D eigenvalue weighted by Gasteiger charge is 2.35. The topological polar surface area (TPSA) is 155 Å². The molecule has 0 amide bonds. The van der Waals surface area contributed by atoms with Gasteiger partial charge in [0.15, 0.2) is 11.6 Å². The molecule has 3 aromatic rings. The Morgan fingerprint density at radius 1 is 0.867 bits per heavy atom. The van der Waals surface area contributed by atoms with Crippen LogP contribution in [0.5, 0.6) is 0 Å². The number of nitrogens with one attached hydrogen (secondary N) is 1. The van der Waals surface area contributed by atoms with Gasteiger partial charge in [-0.3, -0.25) is 9.59 Å². The SMILES string of the molecule is Cc1c(N)cccc1Nc1cc(S(=O)(=O)[O-])c(N)c2c1C(=O)c1ccccc1C2=O. The van der Waals surface area contributed by atoms with E-state index in [1.807, 2.05) is 0 Å². The molecule has 1 aliphatic rings. The minimum atomic E-state index is -5.02. The molecular formula is C21H16N3O5S-. The molecule has 0 aliphatic heterocycles. The van der Waals surface area contributed by atoms with Gasteiger partial charge in [0.1, 0.15) is 10.1 Å². The summed E-state index contributed by atoms with van der Waals surface area (Å²) in [6.07, 6.45) is 0. The van der Waals surface area contributed by atoms with Crippen molar-refractivity contribution in [3.63, 3.8) is 0 Å². The maximum atomic E-state index is 13.2. The Labute approximate surface area is 172 Å². The van der Waals surface area contributed by atoms with Crippen LogP contribution in [0.3, 0.4) is 0 Å². The predicted molar refractivity (Wildman–Crippen MR) is 111 cm³/mol. The summed E-state index contributed by atoms with van der Waals surface area (Å²) in [6.45, 7) is 1.73. The van der Waals surface area contributed by atoms with E-state index >= 15 is 0 Å². The third kappa shape index (κ3) is 2.92. The van der Waals surface area contributed by atoms with Gasteiger partial charge in [-0.05, 0) is 30.7 Å². The molecule has 152 valence electrons. The zero-order valence-corrected chi connectivity index (χ0v) is 16.5. The summed E-state index contributed by atoms with van der Waals surface area (Å²) in [4.78, 5) is 25.6. The van der Waals surface area contributed by atoms with Crippen molar-refractivity contribution in [1.29, 1.82) is 0 Å². The quantitative estimate of drug-likeness (QED) is 0.336. The van der Waals surface area contributed by atoms with E-state index in [2.05, 4.69) is 5.32 Å². The highest BCUT2D eigenvalue weighted by atomic mass is 32.2. The molecule has 0 saturated carbocycles. The van der Waals surface area contributed by atoms with Gasteiger partial charge in [0.25, 0.3) is 0 Å². The van der Waals surface area contributed by atoms with E-state index in [1.165, 1.54) is 12.1 Å². The van der Waals surface area contributed by atoms with Gasteiger partial charge in [-0.2, -0.15) is 0 Å². The summed E-state index contributed by atoms with van der Waals surface area (Å²) in [5.41, 5.74) is 12.7. The zero-order chi connectivity index (χ0) is 21.8. The standard InChI is InChI=1S/C21H17N3O5S/c1-10-13(22)7-4-8-14(10)24-15-9-16(30(27,28)29)19(23)18-17(15)20(25)11-5-2-3-6-12(11)21(18)26/h2-9,24H,22-23H2,1H3,(H,27,28,29)/p-1. The van der Waals surface area contributed by atoms with Crippen LogP contribution in [0.15, 0.2) is 53.4 Å². The van der Waals surface area contributed by atoms with Crippen molar-refractivity contribution in [3.05, 3.63) is 76.3 Å². The molecule has 0 unspecified atom stereocenters. The Morgan fingerprint density at radius 2 is 1.47 bits per heavy atom. The normalized spacial score (nSPS) is 13.0. The van der Waals surface area contributed by atoms with Crippen molar-refractivity contribution < 1.29 is 22.6 Å². The number of benzene rings is 3. The smallest absolute Gasteiger partial charge is 0.196 e. The first-order valence-corrected chi connectivity index (χ1v) is 10.2. The number of nitrogen functional groups attached to an aromatic ring is 2. The van der Waals surface area contributed by atoms with Crippen LogP contribution in [0.25, 0.3) is 0 Å². The lowest BCUT2D eigenvalue weighted by Gasteiger charge is -2.25. The Morgan fingerprint density at radius 3 is 2.07 bits per heavy atom. The van der Waals surface area contributed by atoms with Gasteiger partial charge in [0.2, 0.25) is 0 Å². The van der Waals surface area contributed by atoms with E-state index in [1.54, 1.807) is 37.3 Å². The number of hydrogen-bond donors (Lipinski definition) is 3. The fourth-order valence-corrected chi connectivity index (χ4v) is 4.17. The largest absolute Gasteiger partial charge is 0.744 e. The molecule has 3 aromatic carbocycles. The summed E-state index contributed by atoms with van der Waals surface area (Å²) >= 11 is 0. The first-order chi connectivity index (χ1) is 14.1. The van der Waals surface area contributed by atoms with E-state index in [0.29, 0.717) is 16.9 Å². The summed E-state index contributed by atoms with van der Waals surface area (Å²) in [6, 6.07) is 12.1. The number of ketones is 2. The molecule has 0 heterocycles. The molecule has 0 bridgehead atoms. The molecule has 9 heteroatoms. The van der Waals surface area contributed by atoms with Crippen LogP contribution in [0.1, 0.15) is 37.4 Å². The molecule has 4 rings (SSSR count). The molecule has 5 N–H and O–H groups in total. The van der Waals surface area contributed by atoms with Crippen molar-refractivity contribution in [2.75, 3.05) is 16.8 Å². The number of carbonyl (C=O) groups excluding carboxylic acids is 2. The van der Waals surface area contributed by atoms with Crippen molar-refractivity contribution >= 4 is 44.4 Å². The van der Waals surface area contributed by atoms with Gasteiger partial charge in [-0.1, -0.05) is 30.3 Å². The van der Waals surface area contributed by atoms with Crippen molar-refractivity contribution in [3.8, 4) is 0 Å². The molecular weight excluding hydrogens is 406 g/mol. The lowest BCUT2D eigenvalue weighted by molar-refractivity contribution is 0.0980. The monoisotopic (exact) mass is 422 g/mol. The Hall–Kier alpha value is -3.69. The number of rotatable bonds is 3. The molecule has 30 heavy (non-hydrogen) atoms. The molecule has 0 atom stereocenters. The second-order valence-electron chi connectivity index (χ2n) is 6.89. The van der Waals surface area contributed by atoms with Crippen molar-refractivity contribution in [1.82, 2.24) is 0 Å². The molecule has 0 saturated heterocycles. The second-order valence-corrected chi connectivity index (χ2v) is 8.24. The van der Waals surface area contributed by atoms with E-state index in [4.69, 9.17) is 11.5 Å². The van der Waals surface area contributed by atoms with Gasteiger partial charge in [0, 0.05) is 22.5 Å². The van der Waals surface area contributed by atoms with Gasteiger partial charge in [-0.25, -0.2) is 8.42 Å². The first kappa shape index (κ1) is 19.6. The minimum absolute atomic E-state index is 0.0184. The zero-order valence-electron chi connectivity index (χ0n) is 15.7. The summed E-state index contributed by atoms with van der Waals surface area (Å²) in [5.74, 6) is -1.14. The third-order valence-electron chi connectivity index (χ3n) is 5.11. The highest BCUT2D eigenvalue weighted by Crippen LogP contribution is 2.40. The van der Waals surface area contributed by atoms with Crippen LogP contribution >= 0.6 is 0 Å². The number of hydrogen-bond acceptors (Lipinski definition) is 8. The van der Waals surface area contributed by atoms with Gasteiger partial charge >= 0.3 is 0 Å². The highest BCUT2D eigenvalue weighted by molar-refractivity contribution is 7.86. The third-order valence-corrected chi connectivity index (χ3v) is 5.99. The minimum Gasteiger partial charge on any atom is -0.744 e. The summed E-state index contributed by atoms with van der Waals surface area (Å²) in [5, 5.41) is 2.95. The Bertz CT molecular complexity index is 1360. The van der Waals surface area contributed by atoms with Crippen LogP contribution in [0, 0.1) is 6.92 Å². The maximum absolute atomic E-state index is 13.2. The lowest BCUT2D eigenvalue weighted by atomic mass is 9.82. The average Bonchev–Trinajstić information content (AvgIpc) is 2.69. The van der Waals surface area contributed by atoms with Crippen LogP contribution in [-0.4, -0.2) is 24.5 Å². The number of anilines is 4. The summed E-state index contributed by atoms with van der Waals surface area (Å²) in [7, 11) is -5.02. The first-order valence-electron chi connectivity index (χ1n) is 8.84. The molecule has 0 spiro atoms. The van der Waals surface area contributed by atoms with Crippen LogP contribution in [-0.2, 0) is 10.1 Å². The molecule has 0 radical (unpaired) electrons. The molecule has 0 fully saturated rings. The second kappa shape index (κ2) is 6.68. The van der Waals surface area contributed by atoms with E-state index in [0.717, 1.165) is 6.07 Å². The van der Waals surface area contributed by atoms with Crippen LogP contribution in [0.4, 0.5) is 22.7 Å². The van der Waals surface area contributed by atoms with Crippen molar-refractivity contribution in [2.45, 2.75) is 11.8 Å². The van der Waals surface area contributed by atoms with Crippen molar-refractivity contribution in [2.24, 2.45) is 0 Å². The molecule has 0 aromatic heterocycles. The fourth-order valence-electron chi connectivity index (χ4n) is 3.53. The predicted octanol–water partition coefficient (Wildman–Crippen LogP) is 2.58. The number of fused-ring (bicyclic) bond motifs is 2. The maximum Gasteiger partial charge on any atom is 0.196 e. The van der Waals surface area contributed by atoms with Gasteiger partial charge < -0.3 is 21.3 Å². The average molecular weight is 422 g/mol. The molecule has 8 nitrogen and oxygen atoms in total. The number of carbonyl (C=O) groups is 2. The fraction of sp³-hybridized carbons (Fsp3) is 0.0476. The Balaban J connectivity index is 2.05. The van der Waals surface area contributed by atoms with Crippen LogP contribution < -0.4 is 16.8 Å². The lowest BCUT2D eigenvalue weighted by Crippen LogP contribution is -2.25. The molecule has 1 aliphatic carbocycles. The summed E-state index contributed by atoms with van der Waals surface area (Å²) < 4.78 is 35.5. The van der Waals surface area contributed by atoms with Gasteiger partial charge in [-0.15, -0.1) is 0 Å². The van der Waals surface area contributed by atoms with Gasteiger partial charge in [0.05, 0.1) is 27.4 Å². The van der Waals surface area contributed by atoms with E-state index in [9.17, 15) is 22.6 Å². The Kier molecular flexibility index (Phi) is 4.37. The number of nitrogens with two attached hydrogens (primary N) is 2. The van der Waals surface area contributed by atoms with Crippen LogP contribution in [0.2, 0.25) is 0 Å².